The molecule has 1 aromatic carbocycles. The molecule has 1 aromatic rings. The summed E-state index contributed by atoms with van der Waals surface area (Å²) in [6, 6.07) is 6.53. The molecule has 0 spiro atoms. The van der Waals surface area contributed by atoms with Gasteiger partial charge >= 0.3 is 17.8 Å². The van der Waals surface area contributed by atoms with Crippen molar-refractivity contribution in [2.75, 3.05) is 32.0 Å². The fourth-order valence-electron chi connectivity index (χ4n) is 2.81. The number of carbonyl (C=O) groups excluding carboxylic acids is 5. The Morgan fingerprint density at radius 1 is 1.04 bits per heavy atom. The van der Waals surface area contributed by atoms with E-state index >= 15 is 0 Å². The maximum absolute atomic E-state index is 12.3. The third kappa shape index (κ3) is 4.54. The summed E-state index contributed by atoms with van der Waals surface area (Å²) in [4.78, 5) is 63.1. The smallest absolute Gasteiger partial charge is 0.334 e. The number of urea groups is 1. The van der Waals surface area contributed by atoms with E-state index in [2.05, 4.69) is 5.32 Å². The van der Waals surface area contributed by atoms with E-state index in [-0.39, 0.29) is 13.1 Å². The lowest BCUT2D eigenvalue weighted by Gasteiger charge is -2.20. The van der Waals surface area contributed by atoms with Gasteiger partial charge in [-0.1, -0.05) is 32.0 Å². The average Bonchev–Trinajstić information content (AvgIpc) is 2.86. The van der Waals surface area contributed by atoms with Gasteiger partial charge in [0.2, 0.25) is 11.8 Å². The number of amides is 6. The van der Waals surface area contributed by atoms with E-state index in [4.69, 9.17) is 0 Å². The Kier molecular flexibility index (Phi) is 6.86. The summed E-state index contributed by atoms with van der Waals surface area (Å²) in [6.45, 7) is 3.01. The number of anilines is 1. The molecular weight excluding hydrogens is 364 g/mol. The molecule has 0 bridgehead atoms. The minimum atomic E-state index is -1.03. The van der Waals surface area contributed by atoms with E-state index in [1.807, 2.05) is 19.1 Å². The number of likely N-dealkylation sites (N-methyl/N-ethyl adjacent to an activating group) is 1. The van der Waals surface area contributed by atoms with Crippen LogP contribution in [0.5, 0.6) is 0 Å². The Labute approximate surface area is 163 Å². The number of carbonyl (C=O) groups is 5. The molecule has 1 aliphatic rings. The van der Waals surface area contributed by atoms with E-state index in [9.17, 15) is 24.0 Å². The fraction of sp³-hybridized carbons (Fsp3) is 0.421. The third-order valence-electron chi connectivity index (χ3n) is 4.35. The highest BCUT2D eigenvalue weighted by Gasteiger charge is 2.44. The van der Waals surface area contributed by atoms with Gasteiger partial charge in [0.15, 0.2) is 0 Å². The van der Waals surface area contributed by atoms with E-state index in [0.29, 0.717) is 17.0 Å². The normalized spacial score (nSPS) is 13.9. The van der Waals surface area contributed by atoms with E-state index in [1.165, 1.54) is 7.05 Å². The summed E-state index contributed by atoms with van der Waals surface area (Å²) >= 11 is 0. The van der Waals surface area contributed by atoms with Crippen LogP contribution in [0.1, 0.15) is 25.8 Å². The number of nitrogens with one attached hydrogen (secondary N) is 1. The van der Waals surface area contributed by atoms with Gasteiger partial charge in [-0.25, -0.2) is 9.69 Å². The second-order valence-electron chi connectivity index (χ2n) is 6.44. The lowest BCUT2D eigenvalue weighted by Crippen LogP contribution is -2.44. The number of rotatable bonds is 8. The highest BCUT2D eigenvalue weighted by Crippen LogP contribution is 2.15. The molecule has 6 amide bonds. The van der Waals surface area contributed by atoms with Crippen LogP contribution in [0.15, 0.2) is 24.3 Å². The molecule has 0 aliphatic carbocycles. The molecule has 1 heterocycles. The molecule has 1 fully saturated rings. The monoisotopic (exact) mass is 388 g/mol. The van der Waals surface area contributed by atoms with Gasteiger partial charge in [0, 0.05) is 19.3 Å². The summed E-state index contributed by atoms with van der Waals surface area (Å²) in [5.74, 6) is -2.98. The molecule has 1 N–H and O–H groups in total. The van der Waals surface area contributed by atoms with Crippen molar-refractivity contribution in [1.29, 1.82) is 0 Å². The van der Waals surface area contributed by atoms with E-state index in [0.717, 1.165) is 21.8 Å². The summed E-state index contributed by atoms with van der Waals surface area (Å²) in [5, 5.41) is 2.75. The average molecular weight is 388 g/mol. The van der Waals surface area contributed by atoms with Gasteiger partial charge in [-0.15, -0.1) is 0 Å². The molecule has 0 atom stereocenters. The summed E-state index contributed by atoms with van der Waals surface area (Å²) in [5.41, 5.74) is 1.63. The van der Waals surface area contributed by atoms with Crippen molar-refractivity contribution in [3.63, 3.8) is 0 Å². The van der Waals surface area contributed by atoms with Gasteiger partial charge in [-0.05, 0) is 24.5 Å². The lowest BCUT2D eigenvalue weighted by molar-refractivity contribution is -0.145. The van der Waals surface area contributed by atoms with Gasteiger partial charge in [0.05, 0.1) is 6.54 Å². The zero-order valence-corrected chi connectivity index (χ0v) is 16.2. The quantitative estimate of drug-likeness (QED) is 0.525. The zero-order chi connectivity index (χ0) is 20.8. The molecule has 9 nitrogen and oxygen atoms in total. The second kappa shape index (κ2) is 9.12. The molecule has 150 valence electrons. The topological polar surface area (TPSA) is 107 Å². The van der Waals surface area contributed by atoms with Crippen LogP contribution >= 0.6 is 0 Å². The zero-order valence-electron chi connectivity index (χ0n) is 16.2. The first-order valence-corrected chi connectivity index (χ1v) is 9.09. The molecule has 2 rings (SSSR count). The summed E-state index contributed by atoms with van der Waals surface area (Å²) < 4.78 is 0. The van der Waals surface area contributed by atoms with Crippen molar-refractivity contribution in [2.45, 2.75) is 26.7 Å². The Bertz CT molecular complexity index is 807. The van der Waals surface area contributed by atoms with Crippen LogP contribution in [0.3, 0.4) is 0 Å². The third-order valence-corrected chi connectivity index (χ3v) is 4.35. The van der Waals surface area contributed by atoms with Crippen LogP contribution in [0.2, 0.25) is 0 Å². The fourth-order valence-corrected chi connectivity index (χ4v) is 2.81. The number of hydrogen-bond donors (Lipinski definition) is 1. The Morgan fingerprint density at radius 3 is 2.32 bits per heavy atom. The number of aryl methyl sites for hydroxylation is 1. The van der Waals surface area contributed by atoms with Crippen molar-refractivity contribution in [2.24, 2.45) is 0 Å². The van der Waals surface area contributed by atoms with Crippen LogP contribution in [-0.4, -0.2) is 71.0 Å². The summed E-state index contributed by atoms with van der Waals surface area (Å²) in [6.07, 6.45) is 1.25. The first kappa shape index (κ1) is 21.1. The highest BCUT2D eigenvalue weighted by molar-refractivity contribution is 6.45. The molecule has 28 heavy (non-hydrogen) atoms. The minimum Gasteiger partial charge on any atom is -0.335 e. The van der Waals surface area contributed by atoms with Crippen molar-refractivity contribution < 1.29 is 24.0 Å². The van der Waals surface area contributed by atoms with Crippen LogP contribution in [0.25, 0.3) is 0 Å². The SMILES string of the molecule is CCCN1C(=O)C(=O)N(CC(=O)N(C)CC(=O)Nc2ccccc2CC)C1=O. The molecule has 0 saturated carbocycles. The number of para-hydroxylation sites is 1. The molecular formula is C19H24N4O5. The number of benzene rings is 1. The molecule has 9 heteroatoms. The van der Waals surface area contributed by atoms with Gasteiger partial charge in [-0.2, -0.15) is 0 Å². The maximum atomic E-state index is 12.3. The molecule has 0 aromatic heterocycles. The van der Waals surface area contributed by atoms with E-state index < -0.39 is 36.2 Å². The van der Waals surface area contributed by atoms with Crippen LogP contribution < -0.4 is 5.32 Å². The molecule has 1 aliphatic heterocycles. The first-order chi connectivity index (χ1) is 13.3. The predicted molar refractivity (Wildman–Crippen MR) is 101 cm³/mol. The maximum Gasteiger partial charge on any atom is 0.334 e. The predicted octanol–water partition coefficient (Wildman–Crippen LogP) is 0.847. The van der Waals surface area contributed by atoms with Gasteiger partial charge in [0.25, 0.3) is 0 Å². The van der Waals surface area contributed by atoms with Crippen molar-refractivity contribution in [3.05, 3.63) is 29.8 Å². The van der Waals surface area contributed by atoms with Crippen molar-refractivity contribution in [3.8, 4) is 0 Å². The number of nitrogens with zero attached hydrogens (tertiary/aromatic N) is 3. The van der Waals surface area contributed by atoms with Crippen LogP contribution in [-0.2, 0) is 25.6 Å². The lowest BCUT2D eigenvalue weighted by atomic mass is 10.1. The standard InChI is InChI=1S/C19H24N4O5/c1-4-10-22-17(26)18(27)23(19(22)28)12-16(25)21(3)11-15(24)20-14-9-7-6-8-13(14)5-2/h6-9H,4-5,10-12H2,1-3H3,(H,20,24). The van der Waals surface area contributed by atoms with Gasteiger partial charge < -0.3 is 10.2 Å². The highest BCUT2D eigenvalue weighted by atomic mass is 16.2. The van der Waals surface area contributed by atoms with E-state index in [1.54, 1.807) is 19.1 Å². The van der Waals surface area contributed by atoms with Gasteiger partial charge in [0.1, 0.15) is 6.54 Å². The molecule has 1 saturated heterocycles. The first-order valence-electron chi connectivity index (χ1n) is 9.09. The Hall–Kier alpha value is -3.23. The Balaban J connectivity index is 1.95. The van der Waals surface area contributed by atoms with Gasteiger partial charge in [-0.3, -0.25) is 24.1 Å². The van der Waals surface area contributed by atoms with Crippen molar-refractivity contribution >= 4 is 35.3 Å². The largest absolute Gasteiger partial charge is 0.335 e. The Morgan fingerprint density at radius 2 is 1.68 bits per heavy atom. The number of hydrogen-bond acceptors (Lipinski definition) is 5. The second-order valence-corrected chi connectivity index (χ2v) is 6.44. The number of imide groups is 2. The molecule has 0 unspecified atom stereocenters. The van der Waals surface area contributed by atoms with Crippen LogP contribution in [0, 0.1) is 0 Å². The van der Waals surface area contributed by atoms with Crippen LogP contribution in [0.4, 0.5) is 10.5 Å². The van der Waals surface area contributed by atoms with Crippen molar-refractivity contribution in [1.82, 2.24) is 14.7 Å². The minimum absolute atomic E-state index is 0.114. The summed E-state index contributed by atoms with van der Waals surface area (Å²) in [7, 11) is 1.39. The molecule has 0 radical (unpaired) electrons.